The molecule has 6 nitrogen and oxygen atoms in total. The normalized spacial score (nSPS) is 12.0. The molecule has 0 saturated heterocycles. The van der Waals surface area contributed by atoms with E-state index in [4.69, 9.17) is 0 Å². The van der Waals surface area contributed by atoms with Gasteiger partial charge >= 0.3 is 0 Å². The van der Waals surface area contributed by atoms with Crippen LogP contribution >= 0.6 is 0 Å². The fraction of sp³-hybridized carbons (Fsp3) is 0.143. The van der Waals surface area contributed by atoms with E-state index < -0.39 is 25.6 Å². The summed E-state index contributed by atoms with van der Waals surface area (Å²) >= 11 is 0. The largest absolute Gasteiger partial charge is 0.507 e. The third-order valence-corrected chi connectivity index (χ3v) is 7.68. The minimum atomic E-state index is -4.04. The van der Waals surface area contributed by atoms with Gasteiger partial charge in [0, 0.05) is 0 Å². The van der Waals surface area contributed by atoms with E-state index in [-0.39, 0.29) is 20.4 Å². The molecule has 0 atom stereocenters. The van der Waals surface area contributed by atoms with E-state index in [9.17, 15) is 21.9 Å². The summed E-state index contributed by atoms with van der Waals surface area (Å²) in [5.74, 6) is -0.443. The molecule has 0 aliphatic heterocycles. The van der Waals surface area contributed by atoms with Crippen LogP contribution in [0.25, 0.3) is 0 Å². The molecule has 0 bridgehead atoms. The fourth-order valence-corrected chi connectivity index (χ4v) is 5.24. The van der Waals surface area contributed by atoms with Gasteiger partial charge in [-0.1, -0.05) is 35.4 Å². The van der Waals surface area contributed by atoms with Crippen LogP contribution in [0, 0.1) is 20.8 Å². The van der Waals surface area contributed by atoms with Gasteiger partial charge in [0.05, 0.1) is 15.5 Å². The highest BCUT2D eigenvalue weighted by Gasteiger charge is 2.24. The fourth-order valence-electron chi connectivity index (χ4n) is 2.76. The molecule has 0 aliphatic rings. The van der Waals surface area contributed by atoms with Crippen LogP contribution in [0.5, 0.6) is 5.75 Å². The molecule has 2 N–H and O–H groups in total. The number of anilines is 1. The van der Waals surface area contributed by atoms with Crippen LogP contribution in [0.1, 0.15) is 16.7 Å². The maximum absolute atomic E-state index is 13.0. The zero-order valence-corrected chi connectivity index (χ0v) is 17.8. The number of hydrogen-bond acceptors (Lipinski definition) is 5. The number of sulfonamides is 1. The molecule has 8 heteroatoms. The molecule has 0 amide bonds. The summed E-state index contributed by atoms with van der Waals surface area (Å²) in [4.78, 5) is -0.304. The van der Waals surface area contributed by atoms with E-state index in [1.165, 1.54) is 30.3 Å². The van der Waals surface area contributed by atoms with Crippen molar-refractivity contribution in [3.63, 3.8) is 0 Å². The van der Waals surface area contributed by atoms with Crippen LogP contribution in [-0.4, -0.2) is 21.9 Å². The zero-order chi connectivity index (χ0) is 21.4. The first-order chi connectivity index (χ1) is 13.5. The number of aromatic hydroxyl groups is 1. The summed E-state index contributed by atoms with van der Waals surface area (Å²) in [7, 11) is -7.96. The van der Waals surface area contributed by atoms with Crippen molar-refractivity contribution in [3.05, 3.63) is 77.4 Å². The van der Waals surface area contributed by atoms with Crippen molar-refractivity contribution in [3.8, 4) is 5.75 Å². The lowest BCUT2D eigenvalue weighted by Crippen LogP contribution is -2.14. The Bertz CT molecular complexity index is 1260. The van der Waals surface area contributed by atoms with E-state index in [2.05, 4.69) is 4.72 Å². The second-order valence-corrected chi connectivity index (χ2v) is 10.5. The number of nitrogens with one attached hydrogen (secondary N) is 1. The van der Waals surface area contributed by atoms with Gasteiger partial charge in [0.15, 0.2) is 0 Å². The van der Waals surface area contributed by atoms with Gasteiger partial charge in [-0.2, -0.15) is 0 Å². The molecule has 0 heterocycles. The van der Waals surface area contributed by atoms with E-state index in [1.54, 1.807) is 31.2 Å². The minimum Gasteiger partial charge on any atom is -0.507 e. The Morgan fingerprint density at radius 1 is 0.724 bits per heavy atom. The molecule has 0 aromatic heterocycles. The minimum absolute atomic E-state index is 0.00888. The SMILES string of the molecule is Cc1ccc(S(=O)(=O)Nc2cc(S(=O)(=O)c3ccc(C)cc3)c(O)cc2C)cc1. The van der Waals surface area contributed by atoms with Crippen LogP contribution < -0.4 is 4.72 Å². The first-order valence-corrected chi connectivity index (χ1v) is 11.7. The smallest absolute Gasteiger partial charge is 0.261 e. The van der Waals surface area contributed by atoms with E-state index in [0.29, 0.717) is 5.56 Å². The summed E-state index contributed by atoms with van der Waals surface area (Å²) in [6.07, 6.45) is 0. The third-order valence-electron chi connectivity index (χ3n) is 4.50. The van der Waals surface area contributed by atoms with Crippen LogP contribution in [0.3, 0.4) is 0 Å². The summed E-state index contributed by atoms with van der Waals surface area (Å²) in [5.41, 5.74) is 2.27. The van der Waals surface area contributed by atoms with Gasteiger partial charge in [0.25, 0.3) is 10.0 Å². The number of rotatable bonds is 5. The Hall–Kier alpha value is -2.84. The number of phenolic OH excluding ortho intramolecular Hbond substituents is 1. The lowest BCUT2D eigenvalue weighted by molar-refractivity contribution is 0.458. The topological polar surface area (TPSA) is 101 Å². The van der Waals surface area contributed by atoms with Gasteiger partial charge in [-0.25, -0.2) is 16.8 Å². The van der Waals surface area contributed by atoms with Crippen molar-refractivity contribution < 1.29 is 21.9 Å². The number of aryl methyl sites for hydroxylation is 3. The number of sulfone groups is 1. The average molecular weight is 432 g/mol. The summed E-state index contributed by atoms with van der Waals surface area (Å²) in [6, 6.07) is 14.9. The van der Waals surface area contributed by atoms with Crippen molar-refractivity contribution in [2.45, 2.75) is 35.5 Å². The Balaban J connectivity index is 2.06. The molecule has 152 valence electrons. The van der Waals surface area contributed by atoms with Gasteiger partial charge in [0.1, 0.15) is 10.6 Å². The number of phenols is 1. The van der Waals surface area contributed by atoms with Crippen molar-refractivity contribution in [1.82, 2.24) is 0 Å². The highest BCUT2D eigenvalue weighted by atomic mass is 32.2. The molecular weight excluding hydrogens is 410 g/mol. The molecule has 0 fully saturated rings. The van der Waals surface area contributed by atoms with Crippen molar-refractivity contribution in [1.29, 1.82) is 0 Å². The molecule has 29 heavy (non-hydrogen) atoms. The summed E-state index contributed by atoms with van der Waals surface area (Å²) in [5, 5.41) is 10.3. The molecule has 0 radical (unpaired) electrons. The summed E-state index contributed by atoms with van der Waals surface area (Å²) in [6.45, 7) is 5.25. The van der Waals surface area contributed by atoms with Gasteiger partial charge in [-0.15, -0.1) is 0 Å². The maximum Gasteiger partial charge on any atom is 0.261 e. The first-order valence-electron chi connectivity index (χ1n) is 8.75. The van der Waals surface area contributed by atoms with Crippen molar-refractivity contribution >= 4 is 25.5 Å². The monoisotopic (exact) mass is 431 g/mol. The third kappa shape index (κ3) is 4.28. The zero-order valence-electron chi connectivity index (χ0n) is 16.2. The van der Waals surface area contributed by atoms with Crippen LogP contribution in [0.2, 0.25) is 0 Å². The lowest BCUT2D eigenvalue weighted by atomic mass is 10.2. The molecule has 0 saturated carbocycles. The van der Waals surface area contributed by atoms with E-state index in [1.807, 2.05) is 13.8 Å². The van der Waals surface area contributed by atoms with Crippen LogP contribution in [0.15, 0.2) is 75.4 Å². The maximum atomic E-state index is 13.0. The molecule has 3 aromatic carbocycles. The van der Waals surface area contributed by atoms with E-state index >= 15 is 0 Å². The molecule has 3 rings (SSSR count). The van der Waals surface area contributed by atoms with Crippen LogP contribution in [-0.2, 0) is 19.9 Å². The van der Waals surface area contributed by atoms with Crippen molar-refractivity contribution in [2.24, 2.45) is 0 Å². The average Bonchev–Trinajstić information content (AvgIpc) is 2.64. The van der Waals surface area contributed by atoms with E-state index in [0.717, 1.165) is 17.2 Å². The predicted molar refractivity (Wildman–Crippen MR) is 111 cm³/mol. The van der Waals surface area contributed by atoms with Crippen molar-refractivity contribution in [2.75, 3.05) is 4.72 Å². The molecule has 0 spiro atoms. The second kappa shape index (κ2) is 7.53. The first kappa shape index (κ1) is 20.9. The Labute approximate surface area is 170 Å². The van der Waals surface area contributed by atoms with Gasteiger partial charge < -0.3 is 5.11 Å². The Kier molecular flexibility index (Phi) is 5.42. The van der Waals surface area contributed by atoms with Gasteiger partial charge in [-0.3, -0.25) is 4.72 Å². The standard InChI is InChI=1S/C21H21NO5S2/c1-14-4-8-17(9-5-14)28(24,25)21-13-19(16(3)12-20(21)23)22-29(26,27)18-10-6-15(2)7-11-18/h4-13,22-23H,1-3H3. The lowest BCUT2D eigenvalue weighted by Gasteiger charge is -2.14. The molecule has 0 unspecified atom stereocenters. The summed E-state index contributed by atoms with van der Waals surface area (Å²) < 4.78 is 53.7. The van der Waals surface area contributed by atoms with Crippen LogP contribution in [0.4, 0.5) is 5.69 Å². The number of benzene rings is 3. The predicted octanol–water partition coefficient (Wildman–Crippen LogP) is 3.95. The molecule has 3 aromatic rings. The van der Waals surface area contributed by atoms with Gasteiger partial charge in [0.2, 0.25) is 9.84 Å². The highest BCUT2D eigenvalue weighted by molar-refractivity contribution is 7.93. The Morgan fingerprint density at radius 3 is 1.72 bits per heavy atom. The quantitative estimate of drug-likeness (QED) is 0.596. The second-order valence-electron chi connectivity index (χ2n) is 6.87. The molecule has 0 aliphatic carbocycles. The number of hydrogen-bond donors (Lipinski definition) is 2. The highest BCUT2D eigenvalue weighted by Crippen LogP contribution is 2.34. The van der Waals surface area contributed by atoms with Gasteiger partial charge in [-0.05, 0) is 62.7 Å². The molecular formula is C21H21NO5S2. The Morgan fingerprint density at radius 2 is 1.21 bits per heavy atom.